The second-order valence-electron chi connectivity index (χ2n) is 8.53. The summed E-state index contributed by atoms with van der Waals surface area (Å²) in [5.41, 5.74) is 1.40. The van der Waals surface area contributed by atoms with E-state index in [1.807, 2.05) is 38.1 Å². The van der Waals surface area contributed by atoms with E-state index in [9.17, 15) is 13.2 Å². The summed E-state index contributed by atoms with van der Waals surface area (Å²) in [6, 6.07) is 12.3. The monoisotopic (exact) mass is 474 g/mol. The second kappa shape index (κ2) is 11.5. The molecular weight excluding hydrogens is 440 g/mol. The number of methoxy groups -OCH3 is 1. The van der Waals surface area contributed by atoms with Gasteiger partial charge >= 0.3 is 0 Å². The molecule has 3 rings (SSSR count). The van der Waals surface area contributed by atoms with E-state index in [2.05, 4.69) is 4.72 Å². The van der Waals surface area contributed by atoms with Crippen LogP contribution in [0.3, 0.4) is 0 Å². The van der Waals surface area contributed by atoms with Gasteiger partial charge in [-0.05, 0) is 81.8 Å². The Bertz CT molecular complexity index is 1030. The van der Waals surface area contributed by atoms with Crippen LogP contribution in [0.4, 0.5) is 0 Å². The van der Waals surface area contributed by atoms with E-state index in [0.717, 1.165) is 37.0 Å². The Kier molecular flexibility index (Phi) is 8.74. The van der Waals surface area contributed by atoms with Crippen LogP contribution in [-0.2, 0) is 16.4 Å². The standard InChI is InChI=1S/C25H34N2O5S/c1-19(2)32-21-11-9-20(10-12-21)8-7-15-26-33(29,30)22-13-14-24(31-3)23(18-22)25(28)27-16-5-4-6-17-27/h9-14,18-19,26H,4-8,15-17H2,1-3H3. The first kappa shape index (κ1) is 25.1. The molecule has 0 bridgehead atoms. The van der Waals surface area contributed by atoms with Crippen LogP contribution in [0.25, 0.3) is 0 Å². The van der Waals surface area contributed by atoms with Gasteiger partial charge in [-0.15, -0.1) is 0 Å². The Hall–Kier alpha value is -2.58. The van der Waals surface area contributed by atoms with Crippen LogP contribution in [0.1, 0.15) is 55.5 Å². The van der Waals surface area contributed by atoms with Gasteiger partial charge in [0.1, 0.15) is 11.5 Å². The van der Waals surface area contributed by atoms with Gasteiger partial charge in [-0.3, -0.25) is 4.79 Å². The van der Waals surface area contributed by atoms with Crippen molar-refractivity contribution >= 4 is 15.9 Å². The molecule has 1 N–H and O–H groups in total. The minimum absolute atomic E-state index is 0.0684. The van der Waals surface area contributed by atoms with Crippen LogP contribution < -0.4 is 14.2 Å². The maximum atomic E-state index is 13.0. The van der Waals surface area contributed by atoms with Gasteiger partial charge in [-0.2, -0.15) is 0 Å². The minimum atomic E-state index is -3.74. The lowest BCUT2D eigenvalue weighted by atomic mass is 10.1. The van der Waals surface area contributed by atoms with Crippen molar-refractivity contribution < 1.29 is 22.7 Å². The number of piperidine rings is 1. The van der Waals surface area contributed by atoms with Crippen LogP contribution in [0.2, 0.25) is 0 Å². The van der Waals surface area contributed by atoms with Crippen molar-refractivity contribution in [3.05, 3.63) is 53.6 Å². The fraction of sp³-hybridized carbons (Fsp3) is 0.480. The number of sulfonamides is 1. The number of hydrogen-bond acceptors (Lipinski definition) is 5. The Morgan fingerprint density at radius 3 is 2.39 bits per heavy atom. The smallest absolute Gasteiger partial charge is 0.257 e. The highest BCUT2D eigenvalue weighted by Crippen LogP contribution is 2.25. The van der Waals surface area contributed by atoms with E-state index in [1.54, 1.807) is 11.0 Å². The van der Waals surface area contributed by atoms with E-state index in [-0.39, 0.29) is 22.5 Å². The number of benzene rings is 2. The fourth-order valence-corrected chi connectivity index (χ4v) is 4.98. The van der Waals surface area contributed by atoms with Gasteiger partial charge in [0.15, 0.2) is 0 Å². The molecule has 33 heavy (non-hydrogen) atoms. The lowest BCUT2D eigenvalue weighted by Crippen LogP contribution is -2.36. The molecule has 1 aliphatic rings. The Morgan fingerprint density at radius 2 is 1.76 bits per heavy atom. The molecule has 0 aliphatic carbocycles. The molecule has 0 saturated carbocycles. The van der Waals surface area contributed by atoms with Gasteiger partial charge in [0.2, 0.25) is 10.0 Å². The molecule has 1 fully saturated rings. The first-order valence-corrected chi connectivity index (χ1v) is 13.0. The van der Waals surface area contributed by atoms with Gasteiger partial charge in [0.05, 0.1) is 23.7 Å². The van der Waals surface area contributed by atoms with E-state index < -0.39 is 10.0 Å². The minimum Gasteiger partial charge on any atom is -0.496 e. The molecule has 2 aromatic carbocycles. The quantitative estimate of drug-likeness (QED) is 0.526. The molecule has 0 unspecified atom stereocenters. The third-order valence-corrected chi connectivity index (χ3v) is 7.04. The van der Waals surface area contributed by atoms with Gasteiger partial charge in [-0.25, -0.2) is 13.1 Å². The molecule has 0 spiro atoms. The van der Waals surface area contributed by atoms with Crippen molar-refractivity contribution in [2.45, 2.75) is 57.0 Å². The normalized spacial score (nSPS) is 14.4. The van der Waals surface area contributed by atoms with Crippen molar-refractivity contribution in [3.63, 3.8) is 0 Å². The highest BCUT2D eigenvalue weighted by atomic mass is 32.2. The van der Waals surface area contributed by atoms with Crippen LogP contribution in [-0.4, -0.2) is 52.1 Å². The summed E-state index contributed by atoms with van der Waals surface area (Å²) >= 11 is 0. The Morgan fingerprint density at radius 1 is 1.06 bits per heavy atom. The van der Waals surface area contributed by atoms with Crippen LogP contribution in [0, 0.1) is 0 Å². The molecule has 1 saturated heterocycles. The van der Waals surface area contributed by atoms with E-state index in [4.69, 9.17) is 9.47 Å². The highest BCUT2D eigenvalue weighted by Gasteiger charge is 2.24. The maximum Gasteiger partial charge on any atom is 0.257 e. The summed E-state index contributed by atoms with van der Waals surface area (Å²) in [7, 11) is -2.26. The molecule has 0 atom stereocenters. The average Bonchev–Trinajstić information content (AvgIpc) is 2.82. The van der Waals surface area contributed by atoms with E-state index >= 15 is 0 Å². The van der Waals surface area contributed by atoms with E-state index in [0.29, 0.717) is 31.8 Å². The number of nitrogens with one attached hydrogen (secondary N) is 1. The summed E-state index contributed by atoms with van der Waals surface area (Å²) in [4.78, 5) is 14.8. The predicted octanol–water partition coefficient (Wildman–Crippen LogP) is 4.02. The number of carbonyl (C=O) groups excluding carboxylic acids is 1. The lowest BCUT2D eigenvalue weighted by Gasteiger charge is -2.27. The molecule has 2 aromatic rings. The first-order chi connectivity index (χ1) is 15.8. The molecule has 7 nitrogen and oxygen atoms in total. The largest absolute Gasteiger partial charge is 0.496 e. The summed E-state index contributed by atoms with van der Waals surface area (Å²) in [5, 5.41) is 0. The summed E-state index contributed by atoms with van der Waals surface area (Å²) in [6.07, 6.45) is 4.54. The van der Waals surface area contributed by atoms with Crippen LogP contribution in [0.15, 0.2) is 47.4 Å². The molecule has 1 heterocycles. The molecule has 0 aromatic heterocycles. The predicted molar refractivity (Wildman–Crippen MR) is 128 cm³/mol. The van der Waals surface area contributed by atoms with Crippen molar-refractivity contribution in [2.75, 3.05) is 26.7 Å². The molecule has 8 heteroatoms. The number of nitrogens with zero attached hydrogens (tertiary/aromatic N) is 1. The topological polar surface area (TPSA) is 84.9 Å². The zero-order chi connectivity index (χ0) is 23.8. The number of amides is 1. The number of hydrogen-bond donors (Lipinski definition) is 1. The molecular formula is C25H34N2O5S. The van der Waals surface area contributed by atoms with E-state index in [1.165, 1.54) is 19.2 Å². The molecule has 1 amide bonds. The summed E-state index contributed by atoms with van der Waals surface area (Å²) in [6.45, 7) is 5.63. The van der Waals surface area contributed by atoms with Crippen molar-refractivity contribution in [2.24, 2.45) is 0 Å². The molecule has 1 aliphatic heterocycles. The zero-order valence-corrected chi connectivity index (χ0v) is 20.5. The third-order valence-electron chi connectivity index (χ3n) is 5.58. The summed E-state index contributed by atoms with van der Waals surface area (Å²) in [5.74, 6) is 1.02. The highest BCUT2D eigenvalue weighted by molar-refractivity contribution is 7.89. The van der Waals surface area contributed by atoms with Crippen molar-refractivity contribution in [3.8, 4) is 11.5 Å². The number of aryl methyl sites for hydroxylation is 1. The summed E-state index contributed by atoms with van der Waals surface area (Å²) < 4.78 is 39.3. The fourth-order valence-electron chi connectivity index (χ4n) is 3.88. The number of ether oxygens (including phenoxy) is 2. The van der Waals surface area contributed by atoms with Gasteiger partial charge in [-0.1, -0.05) is 12.1 Å². The molecule has 0 radical (unpaired) electrons. The third kappa shape index (κ3) is 6.95. The van der Waals surface area contributed by atoms with Gasteiger partial charge in [0, 0.05) is 19.6 Å². The first-order valence-electron chi connectivity index (χ1n) is 11.5. The molecule has 180 valence electrons. The van der Waals surface area contributed by atoms with Crippen LogP contribution >= 0.6 is 0 Å². The van der Waals surface area contributed by atoms with Gasteiger partial charge < -0.3 is 14.4 Å². The van der Waals surface area contributed by atoms with Crippen molar-refractivity contribution in [1.82, 2.24) is 9.62 Å². The zero-order valence-electron chi connectivity index (χ0n) is 19.7. The maximum absolute atomic E-state index is 13.0. The average molecular weight is 475 g/mol. The lowest BCUT2D eigenvalue weighted by molar-refractivity contribution is 0.0720. The van der Waals surface area contributed by atoms with Crippen molar-refractivity contribution in [1.29, 1.82) is 0 Å². The Labute approximate surface area is 197 Å². The van der Waals surface area contributed by atoms with Gasteiger partial charge in [0.25, 0.3) is 5.91 Å². The SMILES string of the molecule is COc1ccc(S(=O)(=O)NCCCc2ccc(OC(C)C)cc2)cc1C(=O)N1CCCCC1. The second-order valence-corrected chi connectivity index (χ2v) is 10.3. The Balaban J connectivity index is 1.60. The van der Waals surface area contributed by atoms with Crippen LogP contribution in [0.5, 0.6) is 11.5 Å². The number of likely N-dealkylation sites (tertiary alicyclic amines) is 1. The number of carbonyl (C=O) groups is 1. The number of rotatable bonds is 10.